The Bertz CT molecular complexity index is 721. The van der Waals surface area contributed by atoms with E-state index in [0.717, 1.165) is 12.0 Å². The van der Waals surface area contributed by atoms with E-state index in [9.17, 15) is 4.79 Å². The quantitative estimate of drug-likeness (QED) is 0.872. The van der Waals surface area contributed by atoms with Crippen LogP contribution < -0.4 is 15.2 Å². The van der Waals surface area contributed by atoms with Crippen molar-refractivity contribution in [3.63, 3.8) is 0 Å². The molecule has 0 saturated carbocycles. The number of benzene rings is 1. The first-order chi connectivity index (χ1) is 12.2. The maximum Gasteiger partial charge on any atom is 0.254 e. The average Bonchev–Trinajstić information content (AvgIpc) is 3.07. The number of aromatic nitrogens is 1. The third-order valence-corrected chi connectivity index (χ3v) is 4.12. The predicted octanol–water partition coefficient (Wildman–Crippen LogP) is 2.23. The largest absolute Gasteiger partial charge is 0.490 e. The summed E-state index contributed by atoms with van der Waals surface area (Å²) >= 11 is 0. The first-order valence-electron chi connectivity index (χ1n) is 8.50. The second-order valence-corrected chi connectivity index (χ2v) is 6.04. The summed E-state index contributed by atoms with van der Waals surface area (Å²) < 4.78 is 11.5. The summed E-state index contributed by atoms with van der Waals surface area (Å²) in [6, 6.07) is 9.18. The van der Waals surface area contributed by atoms with Crippen LogP contribution in [0.25, 0.3) is 0 Å². The van der Waals surface area contributed by atoms with Crippen LogP contribution in [0.1, 0.15) is 29.3 Å². The van der Waals surface area contributed by atoms with Gasteiger partial charge in [-0.2, -0.15) is 0 Å². The van der Waals surface area contributed by atoms with Crippen molar-refractivity contribution in [1.29, 1.82) is 0 Å². The van der Waals surface area contributed by atoms with Gasteiger partial charge in [0.1, 0.15) is 6.61 Å². The molecule has 2 N–H and O–H groups in total. The molecule has 25 heavy (non-hydrogen) atoms. The summed E-state index contributed by atoms with van der Waals surface area (Å²) in [5, 5.41) is 0. The summed E-state index contributed by atoms with van der Waals surface area (Å²) in [5.41, 5.74) is 7.45. The predicted molar refractivity (Wildman–Crippen MR) is 94.7 cm³/mol. The van der Waals surface area contributed by atoms with Gasteiger partial charge in [0, 0.05) is 42.7 Å². The molecular formula is C19H23N3O3. The Kier molecular flexibility index (Phi) is 5.50. The van der Waals surface area contributed by atoms with Crippen molar-refractivity contribution in [1.82, 2.24) is 9.88 Å². The number of ether oxygens (including phenoxy) is 2. The lowest BCUT2D eigenvalue weighted by Crippen LogP contribution is -2.31. The minimum atomic E-state index is -0.0206. The Morgan fingerprint density at radius 2 is 2.20 bits per heavy atom. The second kappa shape index (κ2) is 7.98. The van der Waals surface area contributed by atoms with Crippen LogP contribution in [0.15, 0.2) is 42.7 Å². The molecule has 6 nitrogen and oxygen atoms in total. The van der Waals surface area contributed by atoms with Crippen LogP contribution in [0.4, 0.5) is 0 Å². The minimum absolute atomic E-state index is 0.0206. The van der Waals surface area contributed by atoms with Crippen molar-refractivity contribution in [3.05, 3.63) is 53.9 Å². The Labute approximate surface area is 147 Å². The molecule has 132 valence electrons. The zero-order chi connectivity index (χ0) is 17.6. The summed E-state index contributed by atoms with van der Waals surface area (Å²) in [7, 11) is 0. The van der Waals surface area contributed by atoms with E-state index in [2.05, 4.69) is 4.98 Å². The van der Waals surface area contributed by atoms with Crippen molar-refractivity contribution < 1.29 is 14.3 Å². The highest BCUT2D eigenvalue weighted by Gasteiger charge is 2.25. The van der Waals surface area contributed by atoms with E-state index in [-0.39, 0.29) is 11.9 Å². The molecule has 1 atom stereocenters. The molecule has 1 aliphatic heterocycles. The van der Waals surface area contributed by atoms with Crippen LogP contribution >= 0.6 is 0 Å². The first kappa shape index (κ1) is 17.2. The third kappa shape index (κ3) is 4.28. The molecule has 1 aromatic carbocycles. The number of carbonyl (C=O) groups excluding carboxylic acids is 1. The Balaban J connectivity index is 1.74. The lowest BCUT2D eigenvalue weighted by Gasteiger charge is -2.18. The van der Waals surface area contributed by atoms with E-state index in [1.807, 2.05) is 19.1 Å². The molecule has 1 aromatic heterocycles. The van der Waals surface area contributed by atoms with Crippen LogP contribution in [0.5, 0.6) is 11.5 Å². The number of hydrogen-bond acceptors (Lipinski definition) is 5. The van der Waals surface area contributed by atoms with Gasteiger partial charge in [0.05, 0.1) is 6.61 Å². The van der Waals surface area contributed by atoms with Crippen LogP contribution in [-0.4, -0.2) is 41.5 Å². The lowest BCUT2D eigenvalue weighted by molar-refractivity contribution is 0.0790. The molecule has 3 rings (SSSR count). The van der Waals surface area contributed by atoms with Gasteiger partial charge < -0.3 is 20.1 Å². The van der Waals surface area contributed by atoms with Gasteiger partial charge in [-0.15, -0.1) is 0 Å². The Hall–Kier alpha value is -2.60. The van der Waals surface area contributed by atoms with Gasteiger partial charge in [-0.05, 0) is 37.6 Å². The molecular weight excluding hydrogens is 318 g/mol. The van der Waals surface area contributed by atoms with E-state index < -0.39 is 0 Å². The van der Waals surface area contributed by atoms with E-state index >= 15 is 0 Å². The van der Waals surface area contributed by atoms with Crippen LogP contribution in [0.2, 0.25) is 0 Å². The van der Waals surface area contributed by atoms with Gasteiger partial charge in [0.25, 0.3) is 5.91 Å². The van der Waals surface area contributed by atoms with E-state index in [1.165, 1.54) is 0 Å². The highest BCUT2D eigenvalue weighted by Crippen LogP contribution is 2.30. The van der Waals surface area contributed by atoms with Gasteiger partial charge in [0.15, 0.2) is 11.5 Å². The normalized spacial score (nSPS) is 16.7. The summed E-state index contributed by atoms with van der Waals surface area (Å²) in [6.45, 7) is 4.09. The smallest absolute Gasteiger partial charge is 0.254 e. The zero-order valence-electron chi connectivity index (χ0n) is 14.4. The van der Waals surface area contributed by atoms with Gasteiger partial charge in [-0.3, -0.25) is 9.78 Å². The highest BCUT2D eigenvalue weighted by molar-refractivity contribution is 5.95. The number of nitrogens with zero attached hydrogens (tertiary/aromatic N) is 2. The summed E-state index contributed by atoms with van der Waals surface area (Å²) in [4.78, 5) is 18.5. The van der Waals surface area contributed by atoms with Crippen LogP contribution in [0, 0.1) is 0 Å². The van der Waals surface area contributed by atoms with Crippen molar-refractivity contribution in [2.24, 2.45) is 5.73 Å². The van der Waals surface area contributed by atoms with Gasteiger partial charge in [0.2, 0.25) is 0 Å². The Morgan fingerprint density at radius 3 is 2.88 bits per heavy atom. The van der Waals surface area contributed by atoms with Gasteiger partial charge in [-0.1, -0.05) is 6.07 Å². The van der Waals surface area contributed by atoms with Crippen molar-refractivity contribution in [2.45, 2.75) is 26.0 Å². The molecule has 0 spiro atoms. The fourth-order valence-corrected chi connectivity index (χ4v) is 2.83. The SMILES string of the molecule is CCOc1cc(C(=O)N2CCC(N)C2)ccc1OCc1cccnc1. The molecule has 1 aliphatic rings. The second-order valence-electron chi connectivity index (χ2n) is 6.04. The number of nitrogens with two attached hydrogens (primary N) is 1. The average molecular weight is 341 g/mol. The molecule has 1 unspecified atom stereocenters. The standard InChI is InChI=1S/C19H23N3O3/c1-2-24-18-10-15(19(23)22-9-7-16(20)12-22)5-6-17(18)25-13-14-4-3-8-21-11-14/h3-6,8,10-11,16H,2,7,9,12-13,20H2,1H3. The minimum Gasteiger partial charge on any atom is -0.490 e. The summed E-state index contributed by atoms with van der Waals surface area (Å²) in [6.07, 6.45) is 4.32. The number of amides is 1. The van der Waals surface area contributed by atoms with Gasteiger partial charge >= 0.3 is 0 Å². The van der Waals surface area contributed by atoms with Crippen molar-refractivity contribution >= 4 is 5.91 Å². The van der Waals surface area contributed by atoms with E-state index in [1.54, 1.807) is 35.5 Å². The number of rotatable bonds is 6. The van der Waals surface area contributed by atoms with Crippen molar-refractivity contribution in [3.8, 4) is 11.5 Å². The van der Waals surface area contributed by atoms with Crippen LogP contribution in [0.3, 0.4) is 0 Å². The topological polar surface area (TPSA) is 77.7 Å². The molecule has 0 aliphatic carbocycles. The zero-order valence-corrected chi connectivity index (χ0v) is 14.4. The first-order valence-corrected chi connectivity index (χ1v) is 8.50. The van der Waals surface area contributed by atoms with E-state index in [4.69, 9.17) is 15.2 Å². The van der Waals surface area contributed by atoms with Crippen molar-refractivity contribution in [2.75, 3.05) is 19.7 Å². The molecule has 6 heteroatoms. The number of carbonyl (C=O) groups is 1. The summed E-state index contributed by atoms with van der Waals surface area (Å²) in [5.74, 6) is 1.16. The highest BCUT2D eigenvalue weighted by atomic mass is 16.5. The van der Waals surface area contributed by atoms with E-state index in [0.29, 0.717) is 43.4 Å². The monoisotopic (exact) mass is 341 g/mol. The van der Waals surface area contributed by atoms with Crippen LogP contribution in [-0.2, 0) is 6.61 Å². The Morgan fingerprint density at radius 1 is 1.32 bits per heavy atom. The molecule has 1 fully saturated rings. The fourth-order valence-electron chi connectivity index (χ4n) is 2.83. The lowest BCUT2D eigenvalue weighted by atomic mass is 10.1. The maximum absolute atomic E-state index is 12.6. The molecule has 0 radical (unpaired) electrons. The molecule has 2 heterocycles. The molecule has 1 amide bonds. The number of hydrogen-bond donors (Lipinski definition) is 1. The maximum atomic E-state index is 12.6. The number of pyridine rings is 1. The molecule has 2 aromatic rings. The van der Waals surface area contributed by atoms with Gasteiger partial charge in [-0.25, -0.2) is 0 Å². The molecule has 0 bridgehead atoms. The molecule has 1 saturated heterocycles. The fraction of sp³-hybridized carbons (Fsp3) is 0.368. The number of likely N-dealkylation sites (tertiary alicyclic amines) is 1. The third-order valence-electron chi connectivity index (χ3n) is 4.12.